The third-order valence-electron chi connectivity index (χ3n) is 4.62. The minimum Gasteiger partial charge on any atom is -0.455 e. The molecule has 3 rings (SSSR count). The van der Waals surface area contributed by atoms with E-state index in [1.165, 1.54) is 37.5 Å². The van der Waals surface area contributed by atoms with E-state index < -0.39 is 24.3 Å². The monoisotopic (exact) mass is 404 g/mol. The van der Waals surface area contributed by atoms with Crippen LogP contribution >= 0.6 is 11.6 Å². The smallest absolute Gasteiger partial charge is 0.310 e. The van der Waals surface area contributed by atoms with E-state index in [1.54, 1.807) is 0 Å². The molecule has 28 heavy (non-hydrogen) atoms. The number of amides is 1. The molecule has 1 aliphatic rings. The van der Waals surface area contributed by atoms with Crippen LogP contribution in [-0.2, 0) is 20.7 Å². The third kappa shape index (κ3) is 5.45. The molecule has 0 aromatic heterocycles. The Morgan fingerprint density at radius 1 is 1.07 bits per heavy atom. The summed E-state index contributed by atoms with van der Waals surface area (Å²) in [5, 5.41) is 2.83. The first-order valence-corrected chi connectivity index (χ1v) is 9.64. The van der Waals surface area contributed by atoms with Crippen LogP contribution in [-0.4, -0.2) is 31.6 Å². The SMILES string of the molecule is O=C(COC(=O)Cc1c(F)cccc1Cl)Nc1ccc(N2CCCCC2)cc1. The zero-order chi connectivity index (χ0) is 19.9. The van der Waals surface area contributed by atoms with Gasteiger partial charge < -0.3 is 15.0 Å². The lowest BCUT2D eigenvalue weighted by molar-refractivity contribution is -0.146. The molecule has 7 heteroatoms. The molecule has 2 aromatic rings. The van der Waals surface area contributed by atoms with E-state index in [0.717, 1.165) is 18.8 Å². The Balaban J connectivity index is 1.46. The van der Waals surface area contributed by atoms with Gasteiger partial charge in [0.1, 0.15) is 5.82 Å². The van der Waals surface area contributed by atoms with Crippen molar-refractivity contribution in [2.24, 2.45) is 0 Å². The molecule has 0 unspecified atom stereocenters. The summed E-state index contributed by atoms with van der Waals surface area (Å²) in [4.78, 5) is 26.2. The maximum absolute atomic E-state index is 13.7. The van der Waals surface area contributed by atoms with Crippen molar-refractivity contribution in [2.45, 2.75) is 25.7 Å². The van der Waals surface area contributed by atoms with E-state index in [0.29, 0.717) is 5.69 Å². The molecule has 2 aromatic carbocycles. The fourth-order valence-electron chi connectivity index (χ4n) is 3.15. The van der Waals surface area contributed by atoms with Gasteiger partial charge in [-0.3, -0.25) is 9.59 Å². The van der Waals surface area contributed by atoms with E-state index in [1.807, 2.05) is 24.3 Å². The molecule has 1 amide bonds. The second-order valence-electron chi connectivity index (χ2n) is 6.68. The molecule has 5 nitrogen and oxygen atoms in total. The number of piperidine rings is 1. The number of halogens is 2. The van der Waals surface area contributed by atoms with Gasteiger partial charge in [0.2, 0.25) is 0 Å². The molecule has 0 spiro atoms. The van der Waals surface area contributed by atoms with Gasteiger partial charge in [0.05, 0.1) is 6.42 Å². The summed E-state index contributed by atoms with van der Waals surface area (Å²) in [5.41, 5.74) is 1.81. The molecule has 148 valence electrons. The highest BCUT2D eigenvalue weighted by Crippen LogP contribution is 2.22. The van der Waals surface area contributed by atoms with Crippen LogP contribution in [0.25, 0.3) is 0 Å². The molecule has 1 heterocycles. The Kier molecular flexibility index (Phi) is 6.87. The van der Waals surface area contributed by atoms with Gasteiger partial charge in [0, 0.05) is 35.1 Å². The van der Waals surface area contributed by atoms with E-state index in [2.05, 4.69) is 10.2 Å². The molecule has 0 atom stereocenters. The van der Waals surface area contributed by atoms with Gasteiger partial charge in [-0.2, -0.15) is 0 Å². The van der Waals surface area contributed by atoms with Crippen LogP contribution in [0.5, 0.6) is 0 Å². The standard InChI is InChI=1S/C21H22ClFN2O3/c22-18-5-4-6-19(23)17(18)13-21(27)28-14-20(26)24-15-7-9-16(10-8-15)25-11-2-1-3-12-25/h4-10H,1-3,11-14H2,(H,24,26). The number of rotatable bonds is 6. The highest BCUT2D eigenvalue weighted by molar-refractivity contribution is 6.31. The molecule has 1 aliphatic heterocycles. The second-order valence-corrected chi connectivity index (χ2v) is 7.09. The number of hydrogen-bond acceptors (Lipinski definition) is 4. The van der Waals surface area contributed by atoms with Crippen molar-refractivity contribution in [3.05, 3.63) is 58.9 Å². The minimum atomic E-state index is -0.720. The number of esters is 1. The molecular weight excluding hydrogens is 383 g/mol. The number of ether oxygens (including phenoxy) is 1. The molecule has 1 N–H and O–H groups in total. The van der Waals surface area contributed by atoms with Crippen LogP contribution in [0.15, 0.2) is 42.5 Å². The van der Waals surface area contributed by atoms with Crippen LogP contribution in [0.3, 0.4) is 0 Å². The highest BCUT2D eigenvalue weighted by atomic mass is 35.5. The van der Waals surface area contributed by atoms with Gasteiger partial charge >= 0.3 is 5.97 Å². The molecular formula is C21H22ClFN2O3. The van der Waals surface area contributed by atoms with Crippen LogP contribution in [0, 0.1) is 5.82 Å². The van der Waals surface area contributed by atoms with Crippen molar-refractivity contribution in [3.63, 3.8) is 0 Å². The molecule has 0 radical (unpaired) electrons. The third-order valence-corrected chi connectivity index (χ3v) is 4.97. The summed E-state index contributed by atoms with van der Waals surface area (Å²) in [6, 6.07) is 11.7. The van der Waals surface area contributed by atoms with Crippen molar-refractivity contribution in [3.8, 4) is 0 Å². The van der Waals surface area contributed by atoms with Crippen molar-refractivity contribution >= 4 is 34.9 Å². The van der Waals surface area contributed by atoms with E-state index in [9.17, 15) is 14.0 Å². The number of nitrogens with zero attached hydrogens (tertiary/aromatic N) is 1. The van der Waals surface area contributed by atoms with Gasteiger partial charge in [-0.05, 0) is 55.7 Å². The first-order chi connectivity index (χ1) is 13.5. The summed E-state index contributed by atoms with van der Waals surface area (Å²) in [6.45, 7) is 1.65. The van der Waals surface area contributed by atoms with Gasteiger partial charge in [-0.1, -0.05) is 17.7 Å². The lowest BCUT2D eigenvalue weighted by Gasteiger charge is -2.28. The zero-order valence-corrected chi connectivity index (χ0v) is 16.2. The van der Waals surface area contributed by atoms with E-state index >= 15 is 0 Å². The largest absolute Gasteiger partial charge is 0.455 e. The van der Waals surface area contributed by atoms with Crippen molar-refractivity contribution in [1.29, 1.82) is 0 Å². The number of benzene rings is 2. The Labute approximate surface area is 168 Å². The first-order valence-electron chi connectivity index (χ1n) is 9.26. The van der Waals surface area contributed by atoms with Crippen molar-refractivity contribution < 1.29 is 18.7 Å². The maximum Gasteiger partial charge on any atom is 0.310 e. The van der Waals surface area contributed by atoms with Crippen LogP contribution in [0.2, 0.25) is 5.02 Å². The van der Waals surface area contributed by atoms with Crippen molar-refractivity contribution in [1.82, 2.24) is 0 Å². The average molecular weight is 405 g/mol. The number of nitrogens with one attached hydrogen (secondary N) is 1. The Bertz CT molecular complexity index is 816. The number of carbonyl (C=O) groups excluding carboxylic acids is 2. The fraction of sp³-hybridized carbons (Fsp3) is 0.333. The summed E-state index contributed by atoms with van der Waals surface area (Å²) in [5.74, 6) is -1.76. The average Bonchev–Trinajstić information content (AvgIpc) is 2.70. The van der Waals surface area contributed by atoms with E-state index in [4.69, 9.17) is 16.3 Å². The Morgan fingerprint density at radius 2 is 1.79 bits per heavy atom. The van der Waals surface area contributed by atoms with Crippen molar-refractivity contribution in [2.75, 3.05) is 29.9 Å². The molecule has 0 aliphatic carbocycles. The van der Waals surface area contributed by atoms with Gasteiger partial charge in [0.25, 0.3) is 5.91 Å². The molecule has 1 fully saturated rings. The van der Waals surface area contributed by atoms with Crippen LogP contribution < -0.4 is 10.2 Å². The molecule has 0 bridgehead atoms. The Morgan fingerprint density at radius 3 is 2.46 bits per heavy atom. The summed E-state index contributed by atoms with van der Waals surface area (Å²) in [7, 11) is 0. The normalized spacial score (nSPS) is 13.9. The summed E-state index contributed by atoms with van der Waals surface area (Å²) < 4.78 is 18.6. The van der Waals surface area contributed by atoms with E-state index in [-0.39, 0.29) is 17.0 Å². The zero-order valence-electron chi connectivity index (χ0n) is 15.4. The summed E-state index contributed by atoms with van der Waals surface area (Å²) >= 11 is 5.88. The minimum absolute atomic E-state index is 0.0582. The second kappa shape index (κ2) is 9.55. The first kappa shape index (κ1) is 20.1. The van der Waals surface area contributed by atoms with Crippen LogP contribution in [0.4, 0.5) is 15.8 Å². The lowest BCUT2D eigenvalue weighted by atomic mass is 10.1. The Hall–Kier alpha value is -2.60. The van der Waals surface area contributed by atoms with Gasteiger partial charge in [0.15, 0.2) is 6.61 Å². The number of hydrogen-bond donors (Lipinski definition) is 1. The van der Waals surface area contributed by atoms with Gasteiger partial charge in [-0.15, -0.1) is 0 Å². The van der Waals surface area contributed by atoms with Gasteiger partial charge in [-0.25, -0.2) is 4.39 Å². The fourth-order valence-corrected chi connectivity index (χ4v) is 3.38. The maximum atomic E-state index is 13.7. The lowest BCUT2D eigenvalue weighted by Crippen LogP contribution is -2.29. The molecule has 0 saturated carbocycles. The molecule has 1 saturated heterocycles. The quantitative estimate of drug-likeness (QED) is 0.733. The van der Waals surface area contributed by atoms with Crippen LogP contribution in [0.1, 0.15) is 24.8 Å². The topological polar surface area (TPSA) is 58.6 Å². The highest BCUT2D eigenvalue weighted by Gasteiger charge is 2.15. The predicted molar refractivity (Wildman–Crippen MR) is 107 cm³/mol. The summed E-state index contributed by atoms with van der Waals surface area (Å²) in [6.07, 6.45) is 3.33. The predicted octanol–water partition coefficient (Wildman–Crippen LogP) is 4.19. The number of carbonyl (C=O) groups is 2. The number of anilines is 2.